The van der Waals surface area contributed by atoms with Crippen molar-refractivity contribution in [2.45, 2.75) is 9.49 Å². The van der Waals surface area contributed by atoms with Crippen molar-refractivity contribution < 1.29 is 19.8 Å². The van der Waals surface area contributed by atoms with Gasteiger partial charge < -0.3 is 10.2 Å². The molecule has 118 valence electrons. The van der Waals surface area contributed by atoms with E-state index < -0.39 is 21.4 Å². The topological polar surface area (TPSA) is 74.6 Å². The van der Waals surface area contributed by atoms with Crippen LogP contribution in [0.25, 0.3) is 0 Å². The molecular weight excluding hydrogens is 320 g/mol. The van der Waals surface area contributed by atoms with Crippen LogP contribution in [-0.4, -0.2) is 44.2 Å². The number of thioether (sulfide) groups is 2. The summed E-state index contributed by atoms with van der Waals surface area (Å²) in [6, 6.07) is 0. The summed E-state index contributed by atoms with van der Waals surface area (Å²) in [5.74, 6) is -1.52. The molecule has 0 aliphatic heterocycles. The lowest BCUT2D eigenvalue weighted by Crippen LogP contribution is -2.48. The minimum Gasteiger partial charge on any atom is -0.480 e. The number of allylic oxidation sites excluding steroid dienone is 4. The van der Waals surface area contributed by atoms with Crippen molar-refractivity contribution in [3.63, 3.8) is 0 Å². The van der Waals surface area contributed by atoms with Gasteiger partial charge >= 0.3 is 11.9 Å². The highest BCUT2D eigenvalue weighted by Crippen LogP contribution is 2.74. The molecule has 0 saturated heterocycles. The third-order valence-corrected chi connectivity index (χ3v) is 9.27. The zero-order valence-corrected chi connectivity index (χ0v) is 13.9. The second-order valence-electron chi connectivity index (χ2n) is 6.63. The zero-order valence-electron chi connectivity index (χ0n) is 12.3. The highest BCUT2D eigenvalue weighted by molar-refractivity contribution is 8.01. The van der Waals surface area contributed by atoms with Gasteiger partial charge in [0.2, 0.25) is 0 Å². The summed E-state index contributed by atoms with van der Waals surface area (Å²) in [7, 11) is 0. The highest BCUT2D eigenvalue weighted by Gasteiger charge is 2.77. The van der Waals surface area contributed by atoms with Gasteiger partial charge in [-0.15, -0.1) is 23.5 Å². The average Bonchev–Trinajstić information content (AvgIpc) is 3.15. The molecule has 0 bridgehead atoms. The predicted octanol–water partition coefficient (Wildman–Crippen LogP) is 2.22. The van der Waals surface area contributed by atoms with Crippen LogP contribution < -0.4 is 0 Å². The van der Waals surface area contributed by atoms with E-state index in [1.165, 1.54) is 23.5 Å². The Kier molecular flexibility index (Phi) is 2.91. The number of hydrogen-bond acceptors (Lipinski definition) is 4. The van der Waals surface area contributed by atoms with E-state index in [1.54, 1.807) is 0 Å². The minimum absolute atomic E-state index is 0.0687. The molecule has 4 aliphatic rings. The van der Waals surface area contributed by atoms with Crippen LogP contribution in [0, 0.1) is 35.5 Å². The fourth-order valence-electron chi connectivity index (χ4n) is 5.85. The predicted molar refractivity (Wildman–Crippen MR) is 87.0 cm³/mol. The van der Waals surface area contributed by atoms with Gasteiger partial charge in [0, 0.05) is 23.7 Å². The van der Waals surface area contributed by atoms with E-state index in [4.69, 9.17) is 0 Å². The molecule has 0 amide bonds. The van der Waals surface area contributed by atoms with Gasteiger partial charge in [0.15, 0.2) is 0 Å². The maximum Gasteiger partial charge on any atom is 0.321 e. The first-order chi connectivity index (χ1) is 10.5. The van der Waals surface area contributed by atoms with Crippen LogP contribution in [-0.2, 0) is 9.59 Å². The summed E-state index contributed by atoms with van der Waals surface area (Å²) < 4.78 is -1.68. The molecule has 0 spiro atoms. The van der Waals surface area contributed by atoms with E-state index in [-0.39, 0.29) is 35.5 Å². The van der Waals surface area contributed by atoms with E-state index in [2.05, 4.69) is 0 Å². The molecule has 2 saturated carbocycles. The lowest BCUT2D eigenvalue weighted by molar-refractivity contribution is -0.141. The molecule has 4 rings (SSSR count). The highest BCUT2D eigenvalue weighted by atomic mass is 32.2. The normalized spacial score (nSPS) is 53.2. The van der Waals surface area contributed by atoms with Gasteiger partial charge in [0.1, 0.15) is 9.49 Å². The number of carboxylic acids is 2. The van der Waals surface area contributed by atoms with Crippen molar-refractivity contribution in [1.29, 1.82) is 0 Å². The van der Waals surface area contributed by atoms with Crippen LogP contribution in [0.5, 0.6) is 0 Å². The van der Waals surface area contributed by atoms with E-state index in [9.17, 15) is 19.8 Å². The first-order valence-electron chi connectivity index (χ1n) is 7.40. The molecule has 0 unspecified atom stereocenters. The quantitative estimate of drug-likeness (QED) is 0.766. The first-order valence-corrected chi connectivity index (χ1v) is 9.85. The molecule has 22 heavy (non-hydrogen) atoms. The van der Waals surface area contributed by atoms with Crippen molar-refractivity contribution in [3.8, 4) is 0 Å². The molecule has 0 aromatic rings. The first kappa shape index (κ1) is 14.7. The molecule has 4 nitrogen and oxygen atoms in total. The minimum atomic E-state index is -0.838. The van der Waals surface area contributed by atoms with Crippen molar-refractivity contribution >= 4 is 35.5 Å². The largest absolute Gasteiger partial charge is 0.480 e. The van der Waals surface area contributed by atoms with Crippen LogP contribution in [0.4, 0.5) is 0 Å². The lowest BCUT2D eigenvalue weighted by Gasteiger charge is -2.36. The summed E-state index contributed by atoms with van der Waals surface area (Å²) in [5, 5.41) is 19.9. The molecule has 0 aromatic carbocycles. The van der Waals surface area contributed by atoms with Gasteiger partial charge in [-0.25, -0.2) is 0 Å². The molecule has 4 atom stereocenters. The third-order valence-electron chi connectivity index (χ3n) is 6.48. The lowest BCUT2D eigenvalue weighted by atomic mass is 9.82. The van der Waals surface area contributed by atoms with Crippen LogP contribution in [0.3, 0.4) is 0 Å². The molecule has 0 aromatic heterocycles. The van der Waals surface area contributed by atoms with E-state index in [0.717, 1.165) is 0 Å². The molecule has 0 heterocycles. The molecule has 4 aliphatic carbocycles. The second kappa shape index (κ2) is 4.35. The Hall–Kier alpha value is -0.880. The van der Waals surface area contributed by atoms with Crippen LogP contribution in [0.2, 0.25) is 0 Å². The summed E-state index contributed by atoms with van der Waals surface area (Å²) in [4.78, 5) is 24.2. The smallest absolute Gasteiger partial charge is 0.321 e. The van der Waals surface area contributed by atoms with Crippen LogP contribution in [0.15, 0.2) is 24.3 Å². The fourth-order valence-corrected chi connectivity index (χ4v) is 8.23. The van der Waals surface area contributed by atoms with Crippen molar-refractivity contribution in [2.24, 2.45) is 35.5 Å². The SMILES string of the molecule is CSC1(C(=O)O)[C@@H]2C=C[C@@H]3C2C2[C@H]1C=C[C@H]2C3(SC)C(=O)O. The van der Waals surface area contributed by atoms with Gasteiger partial charge in [0.05, 0.1) is 0 Å². The van der Waals surface area contributed by atoms with E-state index >= 15 is 0 Å². The molecule has 2 N–H and O–H groups in total. The van der Waals surface area contributed by atoms with Crippen LogP contribution >= 0.6 is 23.5 Å². The summed E-state index contributed by atoms with van der Waals surface area (Å²) >= 11 is 2.85. The number of aliphatic carboxylic acids is 2. The number of carbonyl (C=O) groups is 2. The Morgan fingerprint density at radius 2 is 1.05 bits per heavy atom. The fraction of sp³-hybridized carbons (Fsp3) is 0.625. The van der Waals surface area contributed by atoms with Gasteiger partial charge in [-0.2, -0.15) is 0 Å². The van der Waals surface area contributed by atoms with Gasteiger partial charge in [-0.1, -0.05) is 24.3 Å². The van der Waals surface area contributed by atoms with Crippen molar-refractivity contribution in [3.05, 3.63) is 24.3 Å². The van der Waals surface area contributed by atoms with Crippen molar-refractivity contribution in [1.82, 2.24) is 0 Å². The summed E-state index contributed by atoms with van der Waals surface area (Å²) in [6.45, 7) is 0. The van der Waals surface area contributed by atoms with E-state index in [1.807, 2.05) is 36.8 Å². The van der Waals surface area contributed by atoms with Gasteiger partial charge in [0.25, 0.3) is 0 Å². The molecular formula is C16H18O4S2. The standard InChI is InChI=1S/C16H18O4S2/c1-21-15(13(17)18)7-3-5-9-11(7)12-8(15)4-6-10(12)16(9,22-2)14(19)20/h3-12H,1-2H3,(H,17,18)(H,19,20)/t7-,8-,9-,10-,11?,12?,15?,16?/m1/s1. The van der Waals surface area contributed by atoms with E-state index in [0.29, 0.717) is 0 Å². The van der Waals surface area contributed by atoms with Crippen LogP contribution in [0.1, 0.15) is 0 Å². The maximum absolute atomic E-state index is 12.1. The zero-order chi connectivity index (χ0) is 15.9. The number of hydrogen-bond donors (Lipinski definition) is 2. The molecule has 2 fully saturated rings. The number of rotatable bonds is 4. The Labute approximate surface area is 137 Å². The molecule has 6 heteroatoms. The Morgan fingerprint density at radius 3 is 1.23 bits per heavy atom. The van der Waals surface area contributed by atoms with Gasteiger partial charge in [-0.3, -0.25) is 9.59 Å². The Bertz CT molecular complexity index is 544. The monoisotopic (exact) mass is 338 g/mol. The third kappa shape index (κ3) is 1.24. The summed E-state index contributed by atoms with van der Waals surface area (Å²) in [6.07, 6.45) is 11.7. The summed E-state index contributed by atoms with van der Waals surface area (Å²) in [5.41, 5.74) is 0. The second-order valence-corrected chi connectivity index (χ2v) is 8.80. The van der Waals surface area contributed by atoms with Gasteiger partial charge in [-0.05, 0) is 24.3 Å². The number of carboxylic acid groups (broad SMARTS) is 2. The molecule has 0 radical (unpaired) electrons. The Balaban J connectivity index is 1.91. The average molecular weight is 338 g/mol. The Morgan fingerprint density at radius 1 is 0.773 bits per heavy atom. The van der Waals surface area contributed by atoms with Crippen molar-refractivity contribution in [2.75, 3.05) is 12.5 Å². The maximum atomic E-state index is 12.1.